The molecule has 2 heterocycles. The first-order chi connectivity index (χ1) is 9.47. The molecule has 4 nitrogen and oxygen atoms in total. The summed E-state index contributed by atoms with van der Waals surface area (Å²) in [5, 5.41) is 9.90. The fraction of sp³-hybridized carbons (Fsp3) is 0.562. The monoisotopic (exact) mass is 274 g/mol. The summed E-state index contributed by atoms with van der Waals surface area (Å²) in [6.07, 6.45) is 0.279. The lowest BCUT2D eigenvalue weighted by Gasteiger charge is -2.37. The van der Waals surface area contributed by atoms with Crippen LogP contribution in [0.4, 0.5) is 11.4 Å². The van der Waals surface area contributed by atoms with Gasteiger partial charge in [0.25, 0.3) is 5.91 Å². The lowest BCUT2D eigenvalue weighted by molar-refractivity contribution is -0.125. The maximum absolute atomic E-state index is 11.8. The summed E-state index contributed by atoms with van der Waals surface area (Å²) in [5.74, 6) is 1.14. The van der Waals surface area contributed by atoms with Gasteiger partial charge in [-0.25, -0.2) is 0 Å². The predicted molar refractivity (Wildman–Crippen MR) is 80.0 cm³/mol. The molecule has 3 unspecified atom stereocenters. The second-order valence-electron chi connectivity index (χ2n) is 6.39. The van der Waals surface area contributed by atoms with Crippen molar-refractivity contribution in [1.29, 1.82) is 0 Å². The minimum Gasteiger partial charge on any atom is -0.378 e. The Hall–Kier alpha value is -1.55. The van der Waals surface area contributed by atoms with Crippen LogP contribution < -0.4 is 9.80 Å². The van der Waals surface area contributed by atoms with Crippen molar-refractivity contribution in [3.63, 3.8) is 0 Å². The number of fused-ring (bicyclic) bond motifs is 1. The number of aliphatic hydroxyl groups is 1. The molecule has 1 aromatic rings. The Labute approximate surface area is 120 Å². The summed E-state index contributed by atoms with van der Waals surface area (Å²) in [6.45, 7) is 6.69. The molecule has 20 heavy (non-hydrogen) atoms. The van der Waals surface area contributed by atoms with E-state index in [0.29, 0.717) is 11.8 Å². The van der Waals surface area contributed by atoms with Gasteiger partial charge in [-0.15, -0.1) is 0 Å². The zero-order chi connectivity index (χ0) is 14.4. The van der Waals surface area contributed by atoms with Gasteiger partial charge in [0.05, 0.1) is 5.69 Å². The second-order valence-corrected chi connectivity index (χ2v) is 6.39. The Morgan fingerprint density at radius 1 is 1.20 bits per heavy atom. The average molecular weight is 274 g/mol. The van der Waals surface area contributed by atoms with Gasteiger partial charge in [0.2, 0.25) is 0 Å². The van der Waals surface area contributed by atoms with Crippen molar-refractivity contribution in [2.45, 2.75) is 26.4 Å². The van der Waals surface area contributed by atoms with E-state index in [2.05, 4.69) is 18.7 Å². The molecule has 1 N–H and O–H groups in total. The van der Waals surface area contributed by atoms with Gasteiger partial charge in [-0.2, -0.15) is 0 Å². The molecule has 4 heteroatoms. The Balaban J connectivity index is 1.92. The molecule has 1 amide bonds. The van der Waals surface area contributed by atoms with Crippen LogP contribution in [0.3, 0.4) is 0 Å². The number of piperidine rings is 1. The Morgan fingerprint density at radius 2 is 1.85 bits per heavy atom. The van der Waals surface area contributed by atoms with E-state index in [1.807, 2.05) is 18.2 Å². The van der Waals surface area contributed by atoms with Gasteiger partial charge in [-0.3, -0.25) is 4.79 Å². The van der Waals surface area contributed by atoms with Crippen LogP contribution >= 0.6 is 0 Å². The molecule has 1 saturated heterocycles. The van der Waals surface area contributed by atoms with Crippen molar-refractivity contribution in [3.8, 4) is 0 Å². The van der Waals surface area contributed by atoms with Crippen LogP contribution in [-0.2, 0) is 4.79 Å². The molecular weight excluding hydrogens is 252 g/mol. The van der Waals surface area contributed by atoms with E-state index >= 15 is 0 Å². The summed E-state index contributed by atoms with van der Waals surface area (Å²) in [6, 6.07) is 5.95. The van der Waals surface area contributed by atoms with Crippen LogP contribution in [0.15, 0.2) is 18.2 Å². The van der Waals surface area contributed by atoms with E-state index in [4.69, 9.17) is 0 Å². The largest absolute Gasteiger partial charge is 0.378 e. The highest BCUT2D eigenvalue weighted by atomic mass is 16.3. The molecule has 0 aliphatic carbocycles. The number of hydrogen-bond donors (Lipinski definition) is 1. The standard InChI is InChI=1S/C16H22N2O2/c1-10-6-11(2)9-18(8-10)12-4-5-13-14(7-12)17(3)16(20)15(13)19/h4-5,7,10-11,15,19H,6,8-9H2,1-3H3. The molecule has 1 aromatic carbocycles. The van der Waals surface area contributed by atoms with Gasteiger partial charge in [0.15, 0.2) is 6.10 Å². The van der Waals surface area contributed by atoms with Gasteiger partial charge in [-0.05, 0) is 30.4 Å². The molecule has 3 atom stereocenters. The van der Waals surface area contributed by atoms with Gasteiger partial charge >= 0.3 is 0 Å². The zero-order valence-corrected chi connectivity index (χ0v) is 12.3. The Kier molecular flexibility index (Phi) is 3.21. The van der Waals surface area contributed by atoms with Gasteiger partial charge < -0.3 is 14.9 Å². The first-order valence-electron chi connectivity index (χ1n) is 7.32. The van der Waals surface area contributed by atoms with Gasteiger partial charge in [-0.1, -0.05) is 19.9 Å². The van der Waals surface area contributed by atoms with Crippen LogP contribution in [0, 0.1) is 11.8 Å². The highest BCUT2D eigenvalue weighted by molar-refractivity contribution is 6.03. The van der Waals surface area contributed by atoms with Crippen LogP contribution in [-0.4, -0.2) is 31.2 Å². The maximum atomic E-state index is 11.8. The summed E-state index contributed by atoms with van der Waals surface area (Å²) in [7, 11) is 1.72. The second kappa shape index (κ2) is 4.77. The van der Waals surface area contributed by atoms with Crippen molar-refractivity contribution in [3.05, 3.63) is 23.8 Å². The third kappa shape index (κ3) is 2.08. The molecule has 0 bridgehead atoms. The molecule has 1 fully saturated rings. The van der Waals surface area contributed by atoms with E-state index in [9.17, 15) is 9.90 Å². The number of carbonyl (C=O) groups excluding carboxylic acids is 1. The lowest BCUT2D eigenvalue weighted by atomic mass is 9.91. The SMILES string of the molecule is CC1CC(C)CN(c2ccc3c(c2)N(C)C(=O)C3O)C1. The summed E-state index contributed by atoms with van der Waals surface area (Å²) in [4.78, 5) is 15.8. The topological polar surface area (TPSA) is 43.8 Å². The molecule has 0 radical (unpaired) electrons. The minimum atomic E-state index is -0.997. The number of carbonyl (C=O) groups is 1. The first kappa shape index (κ1) is 13.4. The first-order valence-corrected chi connectivity index (χ1v) is 7.32. The number of hydrogen-bond acceptors (Lipinski definition) is 3. The van der Waals surface area contributed by atoms with E-state index in [1.54, 1.807) is 11.9 Å². The molecule has 2 aliphatic heterocycles. The normalized spacial score (nSPS) is 29.8. The van der Waals surface area contributed by atoms with E-state index in [1.165, 1.54) is 6.42 Å². The predicted octanol–water partition coefficient (Wildman–Crippen LogP) is 2.18. The molecular formula is C16H22N2O2. The summed E-state index contributed by atoms with van der Waals surface area (Å²) < 4.78 is 0. The smallest absolute Gasteiger partial charge is 0.260 e. The number of anilines is 2. The average Bonchev–Trinajstić information content (AvgIpc) is 2.62. The van der Waals surface area contributed by atoms with Crippen LogP contribution in [0.1, 0.15) is 31.9 Å². The fourth-order valence-electron chi connectivity index (χ4n) is 3.56. The fourth-order valence-corrected chi connectivity index (χ4v) is 3.56. The molecule has 0 aromatic heterocycles. The number of amides is 1. The van der Waals surface area contributed by atoms with Crippen LogP contribution in [0.2, 0.25) is 0 Å². The minimum absolute atomic E-state index is 0.238. The number of nitrogens with zero attached hydrogens (tertiary/aromatic N) is 2. The van der Waals surface area contributed by atoms with E-state index in [0.717, 1.165) is 30.0 Å². The van der Waals surface area contributed by atoms with Crippen molar-refractivity contribution in [2.24, 2.45) is 11.8 Å². The van der Waals surface area contributed by atoms with Crippen molar-refractivity contribution in [2.75, 3.05) is 29.9 Å². The number of aliphatic hydroxyl groups excluding tert-OH is 1. The van der Waals surface area contributed by atoms with Gasteiger partial charge in [0, 0.05) is 31.4 Å². The summed E-state index contributed by atoms with van der Waals surface area (Å²) >= 11 is 0. The third-order valence-electron chi connectivity index (χ3n) is 4.47. The Morgan fingerprint density at radius 3 is 2.50 bits per heavy atom. The number of likely N-dealkylation sites (N-methyl/N-ethyl adjacent to an activating group) is 1. The highest BCUT2D eigenvalue weighted by Gasteiger charge is 2.34. The quantitative estimate of drug-likeness (QED) is 0.853. The molecule has 2 aliphatic rings. The maximum Gasteiger partial charge on any atom is 0.260 e. The third-order valence-corrected chi connectivity index (χ3v) is 4.47. The summed E-state index contributed by atoms with van der Waals surface area (Å²) in [5.41, 5.74) is 2.71. The molecule has 108 valence electrons. The van der Waals surface area contributed by atoms with Crippen molar-refractivity contribution < 1.29 is 9.90 Å². The lowest BCUT2D eigenvalue weighted by Crippen LogP contribution is -2.38. The van der Waals surface area contributed by atoms with Gasteiger partial charge in [0.1, 0.15) is 0 Å². The van der Waals surface area contributed by atoms with Crippen LogP contribution in [0.5, 0.6) is 0 Å². The van der Waals surface area contributed by atoms with E-state index < -0.39 is 6.10 Å². The number of benzene rings is 1. The molecule has 0 saturated carbocycles. The van der Waals surface area contributed by atoms with Crippen LogP contribution in [0.25, 0.3) is 0 Å². The zero-order valence-electron chi connectivity index (χ0n) is 12.3. The highest BCUT2D eigenvalue weighted by Crippen LogP contribution is 2.38. The van der Waals surface area contributed by atoms with Crippen molar-refractivity contribution >= 4 is 17.3 Å². The number of rotatable bonds is 1. The van der Waals surface area contributed by atoms with Crippen molar-refractivity contribution in [1.82, 2.24) is 0 Å². The molecule has 3 rings (SSSR count). The Bertz CT molecular complexity index is 533. The molecule has 0 spiro atoms. The van der Waals surface area contributed by atoms with E-state index in [-0.39, 0.29) is 5.91 Å².